The highest BCUT2D eigenvalue weighted by atomic mass is 16.5. The lowest BCUT2D eigenvalue weighted by Gasteiger charge is -2.12. The van der Waals surface area contributed by atoms with Gasteiger partial charge in [0.05, 0.1) is 13.7 Å². The number of aliphatic hydroxyl groups excluding tert-OH is 1. The first kappa shape index (κ1) is 25.9. The van der Waals surface area contributed by atoms with Crippen LogP contribution in [0.15, 0.2) is 78.9 Å². The molecule has 36 heavy (non-hydrogen) atoms. The quantitative estimate of drug-likeness (QED) is 0.253. The summed E-state index contributed by atoms with van der Waals surface area (Å²) in [6, 6.07) is 17.3. The van der Waals surface area contributed by atoms with Gasteiger partial charge in [0.2, 0.25) is 5.91 Å². The van der Waals surface area contributed by atoms with Crippen molar-refractivity contribution in [3.8, 4) is 17.2 Å². The van der Waals surface area contributed by atoms with Crippen LogP contribution in [0, 0.1) is 5.92 Å². The van der Waals surface area contributed by atoms with Gasteiger partial charge in [-0.15, -0.1) is 0 Å². The van der Waals surface area contributed by atoms with Crippen molar-refractivity contribution in [1.82, 2.24) is 0 Å². The minimum Gasteiger partial charge on any atom is -0.508 e. The van der Waals surface area contributed by atoms with Gasteiger partial charge in [-0.3, -0.25) is 14.4 Å². The van der Waals surface area contributed by atoms with Crippen molar-refractivity contribution >= 4 is 35.3 Å². The van der Waals surface area contributed by atoms with Crippen LogP contribution in [0.1, 0.15) is 16.7 Å². The maximum absolute atomic E-state index is 13.0. The molecule has 0 aliphatic heterocycles. The number of hydrogen-bond donors (Lipinski definition) is 4. The molecular weight excluding hydrogens is 462 g/mol. The first-order valence-corrected chi connectivity index (χ1v) is 10.9. The number of allylic oxidation sites excluding steroid dienone is 2. The van der Waals surface area contributed by atoms with E-state index in [1.165, 1.54) is 49.6 Å². The number of amides is 1. The van der Waals surface area contributed by atoms with Crippen molar-refractivity contribution in [2.45, 2.75) is 6.61 Å². The van der Waals surface area contributed by atoms with E-state index in [1.807, 2.05) is 0 Å². The highest BCUT2D eigenvalue weighted by Crippen LogP contribution is 2.27. The first-order chi connectivity index (χ1) is 17.3. The van der Waals surface area contributed by atoms with Gasteiger partial charge in [0.1, 0.15) is 5.75 Å². The third kappa shape index (κ3) is 6.68. The molecule has 0 saturated carbocycles. The molecule has 0 aliphatic rings. The number of rotatable bonds is 10. The van der Waals surface area contributed by atoms with Crippen molar-refractivity contribution in [1.29, 1.82) is 0 Å². The Hall–Kier alpha value is -4.69. The van der Waals surface area contributed by atoms with Crippen LogP contribution in [0.2, 0.25) is 0 Å². The van der Waals surface area contributed by atoms with Crippen LogP contribution in [-0.2, 0) is 21.0 Å². The number of hydrogen-bond acceptors (Lipinski definition) is 7. The van der Waals surface area contributed by atoms with Crippen LogP contribution in [0.3, 0.4) is 0 Å². The molecule has 0 spiro atoms. The lowest BCUT2D eigenvalue weighted by atomic mass is 9.95. The number of anilines is 1. The van der Waals surface area contributed by atoms with Crippen molar-refractivity contribution in [2.75, 3.05) is 12.4 Å². The zero-order chi connectivity index (χ0) is 26.1. The summed E-state index contributed by atoms with van der Waals surface area (Å²) in [6.45, 7) is -0.394. The fraction of sp³-hybridized carbons (Fsp3) is 0.107. The molecule has 4 N–H and O–H groups in total. The summed E-state index contributed by atoms with van der Waals surface area (Å²) in [4.78, 5) is 39.0. The van der Waals surface area contributed by atoms with Gasteiger partial charge in [0.25, 0.3) is 0 Å². The first-order valence-electron chi connectivity index (χ1n) is 10.9. The second kappa shape index (κ2) is 12.1. The number of methoxy groups -OCH3 is 1. The molecule has 0 heterocycles. The summed E-state index contributed by atoms with van der Waals surface area (Å²) in [5.41, 5.74) is 1.71. The Bertz CT molecular complexity index is 1240. The molecule has 3 aromatic carbocycles. The van der Waals surface area contributed by atoms with E-state index in [4.69, 9.17) is 4.74 Å². The number of ketones is 2. The number of aromatic hydroxyl groups is 2. The van der Waals surface area contributed by atoms with Gasteiger partial charge in [-0.25, -0.2) is 0 Å². The van der Waals surface area contributed by atoms with Crippen molar-refractivity contribution < 1.29 is 34.4 Å². The largest absolute Gasteiger partial charge is 0.508 e. The van der Waals surface area contributed by atoms with Gasteiger partial charge < -0.3 is 25.4 Å². The molecule has 3 aromatic rings. The number of benzene rings is 3. The van der Waals surface area contributed by atoms with Crippen LogP contribution in [0.5, 0.6) is 17.2 Å². The minimum atomic E-state index is -1.66. The second-order valence-corrected chi connectivity index (χ2v) is 7.74. The van der Waals surface area contributed by atoms with E-state index in [-0.39, 0.29) is 22.8 Å². The second-order valence-electron chi connectivity index (χ2n) is 7.74. The van der Waals surface area contributed by atoms with E-state index in [1.54, 1.807) is 36.4 Å². The molecule has 1 amide bonds. The molecule has 0 bridgehead atoms. The summed E-state index contributed by atoms with van der Waals surface area (Å²) >= 11 is 0. The molecule has 8 heteroatoms. The number of phenols is 2. The Morgan fingerprint density at radius 3 is 2.03 bits per heavy atom. The number of para-hydroxylation sites is 1. The van der Waals surface area contributed by atoms with Crippen LogP contribution in [-0.4, -0.2) is 39.9 Å². The molecule has 184 valence electrons. The number of nitrogens with one attached hydrogen (secondary N) is 1. The van der Waals surface area contributed by atoms with Gasteiger partial charge in [-0.2, -0.15) is 0 Å². The molecule has 0 aliphatic carbocycles. The highest BCUT2D eigenvalue weighted by molar-refractivity contribution is 6.28. The SMILES string of the molecule is COc1cc(/C=C/C(=O)C(C(=O)/C=C/c2ccc(O)c(CO)c2)C(=O)Nc2ccccc2)ccc1O. The number of carbonyl (C=O) groups excluding carboxylic acids is 3. The zero-order valence-corrected chi connectivity index (χ0v) is 19.4. The van der Waals surface area contributed by atoms with Crippen molar-refractivity contribution in [3.05, 3.63) is 95.6 Å². The fourth-order valence-corrected chi connectivity index (χ4v) is 3.32. The van der Waals surface area contributed by atoms with Crippen LogP contribution < -0.4 is 10.1 Å². The third-order valence-corrected chi connectivity index (χ3v) is 5.23. The molecule has 8 nitrogen and oxygen atoms in total. The van der Waals surface area contributed by atoms with Gasteiger partial charge in [0, 0.05) is 11.3 Å². The molecule has 0 radical (unpaired) electrons. The third-order valence-electron chi connectivity index (χ3n) is 5.23. The Morgan fingerprint density at radius 2 is 1.44 bits per heavy atom. The lowest BCUT2D eigenvalue weighted by Crippen LogP contribution is -2.34. The normalized spacial score (nSPS) is 11.9. The molecule has 1 unspecified atom stereocenters. The average molecular weight is 488 g/mol. The van der Waals surface area contributed by atoms with E-state index < -0.39 is 30.0 Å². The number of phenolic OH excluding ortho intramolecular Hbond substituents is 1. The van der Waals surface area contributed by atoms with Crippen LogP contribution >= 0.6 is 0 Å². The highest BCUT2D eigenvalue weighted by Gasteiger charge is 2.31. The fourth-order valence-electron chi connectivity index (χ4n) is 3.32. The summed E-state index contributed by atoms with van der Waals surface area (Å²) in [5.74, 6) is -3.90. The summed E-state index contributed by atoms with van der Waals surface area (Å²) in [5, 5.41) is 31.3. The molecule has 1 atom stereocenters. The topological polar surface area (TPSA) is 133 Å². The summed E-state index contributed by atoms with van der Waals surface area (Å²) < 4.78 is 5.05. The standard InChI is InChI=1S/C28H25NO7/c1-36-26-16-19(8-12-23(26)32)10-14-25(34)27(28(35)29-21-5-3-2-4-6-21)24(33)13-9-18-7-11-22(31)20(15-18)17-30/h2-16,27,30-32H,17H2,1H3,(H,29,35)/b13-9+,14-10+. The Labute approximate surface area is 207 Å². The molecule has 0 aromatic heterocycles. The predicted octanol–water partition coefficient (Wildman–Crippen LogP) is 3.72. The van der Waals surface area contributed by atoms with Gasteiger partial charge in [0.15, 0.2) is 29.0 Å². The van der Waals surface area contributed by atoms with Gasteiger partial charge >= 0.3 is 0 Å². The van der Waals surface area contributed by atoms with Crippen molar-refractivity contribution in [3.63, 3.8) is 0 Å². The predicted molar refractivity (Wildman–Crippen MR) is 135 cm³/mol. The van der Waals surface area contributed by atoms with Gasteiger partial charge in [-0.1, -0.05) is 42.5 Å². The monoisotopic (exact) mass is 487 g/mol. The molecule has 3 rings (SSSR count). The van der Waals surface area contributed by atoms with Gasteiger partial charge in [-0.05, 0) is 59.7 Å². The zero-order valence-electron chi connectivity index (χ0n) is 19.4. The maximum Gasteiger partial charge on any atom is 0.243 e. The van der Waals surface area contributed by atoms with E-state index in [0.717, 1.165) is 12.2 Å². The van der Waals surface area contributed by atoms with Crippen LogP contribution in [0.25, 0.3) is 12.2 Å². The minimum absolute atomic E-state index is 0.0695. The van der Waals surface area contributed by atoms with Crippen molar-refractivity contribution in [2.24, 2.45) is 5.92 Å². The number of ether oxygens (including phenoxy) is 1. The Kier molecular flexibility index (Phi) is 8.74. The average Bonchev–Trinajstić information content (AvgIpc) is 2.88. The van der Waals surface area contributed by atoms with E-state index >= 15 is 0 Å². The van der Waals surface area contributed by atoms with Crippen LogP contribution in [0.4, 0.5) is 5.69 Å². The smallest absolute Gasteiger partial charge is 0.243 e. The number of aliphatic hydroxyl groups is 1. The number of carbonyl (C=O) groups is 3. The molecular formula is C28H25NO7. The Morgan fingerprint density at radius 1 is 0.861 bits per heavy atom. The Balaban J connectivity index is 1.87. The molecule has 0 saturated heterocycles. The maximum atomic E-state index is 13.0. The lowest BCUT2D eigenvalue weighted by molar-refractivity contribution is -0.134. The van der Waals surface area contributed by atoms with E-state index in [9.17, 15) is 29.7 Å². The summed E-state index contributed by atoms with van der Waals surface area (Å²) in [6.07, 6.45) is 5.04. The van der Waals surface area contributed by atoms with E-state index in [2.05, 4.69) is 5.32 Å². The summed E-state index contributed by atoms with van der Waals surface area (Å²) in [7, 11) is 1.39. The van der Waals surface area contributed by atoms with E-state index in [0.29, 0.717) is 16.8 Å². The molecule has 0 fully saturated rings.